The summed E-state index contributed by atoms with van der Waals surface area (Å²) in [6.45, 7) is 3.54. The van der Waals surface area contributed by atoms with Crippen LogP contribution in [0.2, 0.25) is 0 Å². The van der Waals surface area contributed by atoms with Crippen molar-refractivity contribution in [2.24, 2.45) is 11.8 Å². The lowest BCUT2D eigenvalue weighted by Crippen LogP contribution is -2.37. The summed E-state index contributed by atoms with van der Waals surface area (Å²) in [5.41, 5.74) is 0.538. The van der Waals surface area contributed by atoms with Crippen molar-refractivity contribution in [3.63, 3.8) is 0 Å². The third kappa shape index (κ3) is 3.06. The Hall–Kier alpha value is -3.10. The molecule has 1 aromatic heterocycles. The molecule has 1 aromatic carbocycles. The van der Waals surface area contributed by atoms with Gasteiger partial charge in [0.15, 0.2) is 0 Å². The van der Waals surface area contributed by atoms with Crippen molar-refractivity contribution in [1.82, 2.24) is 25.0 Å². The van der Waals surface area contributed by atoms with E-state index < -0.39 is 5.69 Å². The monoisotopic (exact) mass is 385 g/mol. The molecule has 0 unspecified atom stereocenters. The first-order valence-corrected chi connectivity index (χ1v) is 9.39. The minimum atomic E-state index is -0.501. The van der Waals surface area contributed by atoms with Crippen molar-refractivity contribution in [1.29, 1.82) is 0 Å². The molecule has 3 atom stereocenters. The number of carbonyl (C=O) groups is 2. The molecule has 2 amide bonds. The third-order valence-corrected chi connectivity index (χ3v) is 5.74. The SMILES string of the molecule is CCC(=O)N1C[C@@H]2CN(C(=O)c3n[nH]c(=O)[nH]3)C[C@@H]2[C@@H]1c1ccc(OC)cc1. The number of ether oxygens (including phenoxy) is 1. The quantitative estimate of drug-likeness (QED) is 0.808. The Bertz CT molecular complexity index is 934. The Morgan fingerprint density at radius 3 is 2.57 bits per heavy atom. The fourth-order valence-corrected chi connectivity index (χ4v) is 4.42. The van der Waals surface area contributed by atoms with Gasteiger partial charge in [0.1, 0.15) is 5.75 Å². The maximum absolute atomic E-state index is 12.7. The number of H-pyrrole nitrogens is 2. The molecule has 28 heavy (non-hydrogen) atoms. The molecule has 4 rings (SSSR count). The molecule has 2 aliphatic heterocycles. The van der Waals surface area contributed by atoms with Crippen molar-refractivity contribution in [2.45, 2.75) is 19.4 Å². The van der Waals surface area contributed by atoms with Gasteiger partial charge in [0.05, 0.1) is 13.2 Å². The second-order valence-corrected chi connectivity index (χ2v) is 7.28. The molecule has 2 saturated heterocycles. The number of benzene rings is 1. The zero-order chi connectivity index (χ0) is 19.8. The first kappa shape index (κ1) is 18.3. The third-order valence-electron chi connectivity index (χ3n) is 5.74. The van der Waals surface area contributed by atoms with Crippen molar-refractivity contribution in [2.75, 3.05) is 26.7 Å². The summed E-state index contributed by atoms with van der Waals surface area (Å²) in [7, 11) is 1.62. The van der Waals surface area contributed by atoms with Gasteiger partial charge in [0.25, 0.3) is 5.91 Å². The number of carbonyl (C=O) groups excluding carboxylic acids is 2. The van der Waals surface area contributed by atoms with Crippen LogP contribution in [0.4, 0.5) is 0 Å². The van der Waals surface area contributed by atoms with E-state index in [1.54, 1.807) is 12.0 Å². The van der Waals surface area contributed by atoms with E-state index in [1.165, 1.54) is 0 Å². The van der Waals surface area contributed by atoms with E-state index in [0.717, 1.165) is 11.3 Å². The number of nitrogens with zero attached hydrogens (tertiary/aromatic N) is 3. The first-order valence-electron chi connectivity index (χ1n) is 9.39. The highest BCUT2D eigenvalue weighted by Crippen LogP contribution is 2.45. The van der Waals surface area contributed by atoms with Gasteiger partial charge >= 0.3 is 5.69 Å². The summed E-state index contributed by atoms with van der Waals surface area (Å²) < 4.78 is 5.24. The second-order valence-electron chi connectivity index (χ2n) is 7.28. The van der Waals surface area contributed by atoms with Gasteiger partial charge in [0, 0.05) is 37.9 Å². The Balaban J connectivity index is 1.60. The highest BCUT2D eigenvalue weighted by molar-refractivity contribution is 5.90. The zero-order valence-electron chi connectivity index (χ0n) is 15.8. The summed E-state index contributed by atoms with van der Waals surface area (Å²) in [6.07, 6.45) is 0.448. The standard InChI is InChI=1S/C19H23N5O4/c1-3-15(25)24-9-12-8-23(18(26)17-20-19(27)22-21-17)10-14(12)16(24)11-4-6-13(28-2)7-5-11/h4-7,12,14,16H,3,8-10H2,1-2H3,(H2,20,21,22,27)/t12-,14-,16-/m0/s1. The number of rotatable bonds is 4. The number of fused-ring (bicyclic) bond motifs is 1. The van der Waals surface area contributed by atoms with Gasteiger partial charge in [0.2, 0.25) is 11.7 Å². The second kappa shape index (κ2) is 7.14. The molecule has 9 nitrogen and oxygen atoms in total. The fourth-order valence-electron chi connectivity index (χ4n) is 4.42. The van der Waals surface area contributed by atoms with E-state index in [-0.39, 0.29) is 35.5 Å². The van der Waals surface area contributed by atoms with Crippen LogP contribution in [0.25, 0.3) is 0 Å². The maximum Gasteiger partial charge on any atom is 0.341 e. The van der Waals surface area contributed by atoms with Crippen LogP contribution in [0.15, 0.2) is 29.1 Å². The average molecular weight is 385 g/mol. The molecule has 0 bridgehead atoms. The maximum atomic E-state index is 12.7. The normalized spacial score (nSPS) is 23.7. The van der Waals surface area contributed by atoms with Crippen molar-refractivity contribution < 1.29 is 14.3 Å². The van der Waals surface area contributed by atoms with Crippen LogP contribution in [-0.4, -0.2) is 63.5 Å². The first-order chi connectivity index (χ1) is 13.5. The smallest absolute Gasteiger partial charge is 0.341 e. The summed E-state index contributed by atoms with van der Waals surface area (Å²) in [5.74, 6) is 0.930. The van der Waals surface area contributed by atoms with Gasteiger partial charge in [-0.15, -0.1) is 5.10 Å². The summed E-state index contributed by atoms with van der Waals surface area (Å²) in [6, 6.07) is 7.67. The molecule has 2 fully saturated rings. The highest BCUT2D eigenvalue weighted by Gasteiger charge is 2.50. The number of aromatic amines is 2. The largest absolute Gasteiger partial charge is 0.497 e. The molecule has 2 aliphatic rings. The van der Waals surface area contributed by atoms with Gasteiger partial charge in [-0.05, 0) is 17.7 Å². The molecule has 0 spiro atoms. The van der Waals surface area contributed by atoms with E-state index in [9.17, 15) is 14.4 Å². The molecule has 3 heterocycles. The van der Waals surface area contributed by atoms with Crippen LogP contribution in [-0.2, 0) is 4.79 Å². The van der Waals surface area contributed by atoms with Crippen LogP contribution in [0.1, 0.15) is 35.6 Å². The van der Waals surface area contributed by atoms with Gasteiger partial charge in [-0.1, -0.05) is 19.1 Å². The van der Waals surface area contributed by atoms with E-state index in [2.05, 4.69) is 15.2 Å². The number of nitrogens with one attached hydrogen (secondary N) is 2. The average Bonchev–Trinajstić information content (AvgIpc) is 3.41. The highest BCUT2D eigenvalue weighted by atomic mass is 16.5. The molecular weight excluding hydrogens is 362 g/mol. The van der Waals surface area contributed by atoms with Crippen LogP contribution in [0.3, 0.4) is 0 Å². The molecular formula is C19H23N5O4. The lowest BCUT2D eigenvalue weighted by Gasteiger charge is -2.29. The van der Waals surface area contributed by atoms with E-state index >= 15 is 0 Å². The zero-order valence-corrected chi connectivity index (χ0v) is 15.8. The van der Waals surface area contributed by atoms with Gasteiger partial charge in [-0.3, -0.25) is 14.6 Å². The van der Waals surface area contributed by atoms with E-state index in [1.807, 2.05) is 36.1 Å². The number of amides is 2. The van der Waals surface area contributed by atoms with E-state index in [4.69, 9.17) is 4.74 Å². The van der Waals surface area contributed by atoms with Crippen molar-refractivity contribution in [3.05, 3.63) is 46.1 Å². The topological polar surface area (TPSA) is 111 Å². The predicted molar refractivity (Wildman–Crippen MR) is 99.8 cm³/mol. The van der Waals surface area contributed by atoms with Gasteiger partial charge in [-0.2, -0.15) is 0 Å². The predicted octanol–water partition coefficient (Wildman–Crippen LogP) is 0.788. The fraction of sp³-hybridized carbons (Fsp3) is 0.474. The van der Waals surface area contributed by atoms with Crippen molar-refractivity contribution in [3.8, 4) is 5.75 Å². The van der Waals surface area contributed by atoms with Crippen LogP contribution in [0.5, 0.6) is 5.75 Å². The molecule has 9 heteroatoms. The number of hydrogen-bond acceptors (Lipinski definition) is 5. The Morgan fingerprint density at radius 1 is 1.21 bits per heavy atom. The molecule has 0 aliphatic carbocycles. The van der Waals surface area contributed by atoms with Gasteiger partial charge in [-0.25, -0.2) is 9.89 Å². The summed E-state index contributed by atoms with van der Waals surface area (Å²) in [5, 5.41) is 5.97. The molecule has 0 radical (unpaired) electrons. The number of aromatic nitrogens is 3. The molecule has 2 N–H and O–H groups in total. The Kier molecular flexibility index (Phi) is 4.66. The lowest BCUT2D eigenvalue weighted by atomic mass is 9.89. The molecule has 148 valence electrons. The minimum absolute atomic E-state index is 0.0208. The summed E-state index contributed by atoms with van der Waals surface area (Å²) in [4.78, 5) is 42.5. The minimum Gasteiger partial charge on any atom is -0.497 e. The van der Waals surface area contributed by atoms with Crippen LogP contribution < -0.4 is 10.4 Å². The Morgan fingerprint density at radius 2 is 1.96 bits per heavy atom. The number of hydrogen-bond donors (Lipinski definition) is 2. The Labute approximate surface area is 161 Å². The number of methoxy groups -OCH3 is 1. The molecule has 0 saturated carbocycles. The van der Waals surface area contributed by atoms with Crippen LogP contribution >= 0.6 is 0 Å². The van der Waals surface area contributed by atoms with Crippen LogP contribution in [0, 0.1) is 11.8 Å². The van der Waals surface area contributed by atoms with E-state index in [0.29, 0.717) is 26.1 Å². The van der Waals surface area contributed by atoms with Gasteiger partial charge < -0.3 is 14.5 Å². The van der Waals surface area contributed by atoms with Crippen molar-refractivity contribution >= 4 is 11.8 Å². The molecule has 2 aromatic rings. The summed E-state index contributed by atoms with van der Waals surface area (Å²) >= 11 is 0. The lowest BCUT2D eigenvalue weighted by molar-refractivity contribution is -0.132. The number of likely N-dealkylation sites (tertiary alicyclic amines) is 2.